The van der Waals surface area contributed by atoms with Crippen molar-refractivity contribution in [1.82, 2.24) is 19.8 Å². The Morgan fingerprint density at radius 1 is 1.15 bits per heavy atom. The Balaban J connectivity index is 1.28. The second-order valence-corrected chi connectivity index (χ2v) is 11.2. The summed E-state index contributed by atoms with van der Waals surface area (Å²) in [7, 11) is 2.12. The number of piperazine rings is 1. The van der Waals surface area contributed by atoms with Crippen LogP contribution in [0.25, 0.3) is 0 Å². The molecule has 216 valence electrons. The molecule has 3 heterocycles. The van der Waals surface area contributed by atoms with Crippen molar-refractivity contribution in [3.63, 3.8) is 0 Å². The van der Waals surface area contributed by atoms with Gasteiger partial charge in [-0.25, -0.2) is 9.78 Å². The van der Waals surface area contributed by atoms with Gasteiger partial charge in [0.15, 0.2) is 0 Å². The minimum atomic E-state index is -4.62. The summed E-state index contributed by atoms with van der Waals surface area (Å²) in [6.07, 6.45) is 1.67. The summed E-state index contributed by atoms with van der Waals surface area (Å²) in [5, 5.41) is 5.97. The zero-order chi connectivity index (χ0) is 28.5. The van der Waals surface area contributed by atoms with Gasteiger partial charge in [0.05, 0.1) is 0 Å². The highest BCUT2D eigenvalue weighted by Gasteiger charge is 2.36. The standard InChI is InChI=1S/C28H36F3N7O2/c1-27(2)9-12-38(26(39)40-27)11-4-10-32-24-22(28(29,30)31)18-33-25(35-24)34-23-8-7-20(17-21(23)19-5-6-19)37-15-13-36(3)14-16-37/h7-9,12,17-19H,4-6,10-11,13-16H2,1-3H3,(H2,32,33,34,35). The van der Waals surface area contributed by atoms with Gasteiger partial charge in [-0.1, -0.05) is 0 Å². The Hall–Kier alpha value is -3.54. The van der Waals surface area contributed by atoms with Gasteiger partial charge < -0.3 is 25.2 Å². The van der Waals surface area contributed by atoms with Crippen molar-refractivity contribution < 1.29 is 22.7 Å². The van der Waals surface area contributed by atoms with Gasteiger partial charge in [0.2, 0.25) is 5.95 Å². The Bertz CT molecular complexity index is 1250. The molecular weight excluding hydrogens is 523 g/mol. The van der Waals surface area contributed by atoms with Crippen molar-refractivity contribution in [2.24, 2.45) is 0 Å². The van der Waals surface area contributed by atoms with Crippen molar-refractivity contribution in [1.29, 1.82) is 0 Å². The number of carbonyl (C=O) groups excluding carboxylic acids is 1. The van der Waals surface area contributed by atoms with Crippen LogP contribution in [0.2, 0.25) is 0 Å². The van der Waals surface area contributed by atoms with Crippen LogP contribution in [0.5, 0.6) is 0 Å². The maximum absolute atomic E-state index is 13.7. The van der Waals surface area contributed by atoms with E-state index in [2.05, 4.69) is 43.5 Å². The molecule has 12 heteroatoms. The van der Waals surface area contributed by atoms with E-state index >= 15 is 0 Å². The van der Waals surface area contributed by atoms with E-state index in [-0.39, 0.29) is 18.3 Å². The van der Waals surface area contributed by atoms with Crippen molar-refractivity contribution >= 4 is 29.2 Å². The first kappa shape index (κ1) is 28.0. The van der Waals surface area contributed by atoms with Gasteiger partial charge in [-0.2, -0.15) is 18.2 Å². The largest absolute Gasteiger partial charge is 0.439 e. The SMILES string of the molecule is CN1CCN(c2ccc(Nc3ncc(C(F)(F)F)c(NCCCN4C=CC(C)(C)OC4=O)n3)c(C3CC3)c2)CC1. The quantitative estimate of drug-likeness (QED) is 0.395. The van der Waals surface area contributed by atoms with E-state index in [9.17, 15) is 18.0 Å². The molecule has 3 aliphatic rings. The number of hydrogen-bond acceptors (Lipinski definition) is 8. The van der Waals surface area contributed by atoms with Crippen LogP contribution in [0.15, 0.2) is 36.7 Å². The third kappa shape index (κ3) is 6.78. The predicted molar refractivity (Wildman–Crippen MR) is 148 cm³/mol. The second-order valence-electron chi connectivity index (χ2n) is 11.2. The first-order valence-electron chi connectivity index (χ1n) is 13.7. The molecule has 5 rings (SSSR count). The highest BCUT2D eigenvalue weighted by atomic mass is 19.4. The summed E-state index contributed by atoms with van der Waals surface area (Å²) in [6.45, 7) is 7.93. The molecule has 2 fully saturated rings. The molecule has 0 radical (unpaired) electrons. The van der Waals surface area contributed by atoms with Crippen LogP contribution >= 0.6 is 0 Å². The zero-order valence-corrected chi connectivity index (χ0v) is 23.1. The Kier molecular flexibility index (Phi) is 7.80. The van der Waals surface area contributed by atoms with E-state index in [0.717, 1.165) is 62.2 Å². The number of nitrogens with zero attached hydrogens (tertiary/aromatic N) is 5. The average molecular weight is 560 g/mol. The molecule has 2 aliphatic heterocycles. The molecule has 2 N–H and O–H groups in total. The molecule has 9 nitrogen and oxygen atoms in total. The average Bonchev–Trinajstić information content (AvgIpc) is 3.73. The molecule has 1 aromatic heterocycles. The van der Waals surface area contributed by atoms with E-state index in [1.807, 2.05) is 12.1 Å². The first-order chi connectivity index (χ1) is 19.0. The number of cyclic esters (lactones) is 1. The molecule has 1 aromatic carbocycles. The number of anilines is 4. The van der Waals surface area contributed by atoms with E-state index in [0.29, 0.717) is 18.9 Å². The van der Waals surface area contributed by atoms with Crippen molar-refractivity contribution in [2.45, 2.75) is 50.8 Å². The van der Waals surface area contributed by atoms with Crippen LogP contribution in [0.4, 0.5) is 41.1 Å². The number of amides is 1. The molecule has 0 atom stereocenters. The minimum Gasteiger partial charge on any atom is -0.439 e. The number of hydrogen-bond donors (Lipinski definition) is 2. The molecule has 0 bridgehead atoms. The van der Waals surface area contributed by atoms with Crippen molar-refractivity contribution in [2.75, 3.05) is 61.8 Å². The number of ether oxygens (including phenoxy) is 1. The lowest BCUT2D eigenvalue weighted by Crippen LogP contribution is -2.44. The normalized spacial score (nSPS) is 19.5. The number of likely N-dealkylation sites (N-methyl/N-ethyl adjacent to an activating group) is 1. The topological polar surface area (TPSA) is 85.9 Å². The smallest absolute Gasteiger partial charge is 0.421 e. The van der Waals surface area contributed by atoms with Gasteiger partial charge in [0.1, 0.15) is 17.0 Å². The van der Waals surface area contributed by atoms with E-state index < -0.39 is 23.4 Å². The summed E-state index contributed by atoms with van der Waals surface area (Å²) in [6, 6.07) is 6.21. The van der Waals surface area contributed by atoms with Gasteiger partial charge in [0, 0.05) is 63.0 Å². The summed E-state index contributed by atoms with van der Waals surface area (Å²) < 4.78 is 46.5. The van der Waals surface area contributed by atoms with Crippen molar-refractivity contribution in [3.05, 3.63) is 47.8 Å². The maximum Gasteiger partial charge on any atom is 0.421 e. The highest BCUT2D eigenvalue weighted by molar-refractivity contribution is 5.71. The molecule has 1 saturated carbocycles. The van der Waals surface area contributed by atoms with Gasteiger partial charge in [0.25, 0.3) is 0 Å². The number of aromatic nitrogens is 2. The predicted octanol–water partition coefficient (Wildman–Crippen LogP) is 5.41. The Morgan fingerprint density at radius 2 is 1.90 bits per heavy atom. The van der Waals surface area contributed by atoms with E-state index in [1.54, 1.807) is 26.1 Å². The summed E-state index contributed by atoms with van der Waals surface area (Å²) in [4.78, 5) is 26.4. The fourth-order valence-corrected chi connectivity index (χ4v) is 4.83. The Morgan fingerprint density at radius 3 is 2.58 bits per heavy atom. The molecular formula is C28H36F3N7O2. The van der Waals surface area contributed by atoms with E-state index in [1.165, 1.54) is 4.90 Å². The van der Waals surface area contributed by atoms with Crippen LogP contribution in [-0.2, 0) is 10.9 Å². The number of benzene rings is 1. The Labute approximate surface area is 232 Å². The monoisotopic (exact) mass is 559 g/mol. The first-order valence-corrected chi connectivity index (χ1v) is 13.7. The molecule has 0 spiro atoms. The molecule has 1 saturated heterocycles. The van der Waals surface area contributed by atoms with E-state index in [4.69, 9.17) is 4.74 Å². The second kappa shape index (κ2) is 11.1. The summed E-state index contributed by atoms with van der Waals surface area (Å²) in [5.74, 6) is 0.211. The van der Waals surface area contributed by atoms with Gasteiger partial charge in [-0.05, 0) is 75.9 Å². The number of halogens is 3. The van der Waals surface area contributed by atoms with Gasteiger partial charge in [-0.15, -0.1) is 0 Å². The third-order valence-corrected chi connectivity index (χ3v) is 7.37. The van der Waals surface area contributed by atoms with Crippen LogP contribution in [0, 0.1) is 0 Å². The molecule has 40 heavy (non-hydrogen) atoms. The molecule has 1 amide bonds. The lowest BCUT2D eigenvalue weighted by Gasteiger charge is -2.34. The number of nitrogens with one attached hydrogen (secondary N) is 2. The third-order valence-electron chi connectivity index (χ3n) is 7.37. The summed E-state index contributed by atoms with van der Waals surface area (Å²) >= 11 is 0. The number of rotatable bonds is 9. The van der Waals surface area contributed by atoms with Gasteiger partial charge >= 0.3 is 12.3 Å². The molecule has 2 aromatic rings. The lowest BCUT2D eigenvalue weighted by atomic mass is 10.1. The van der Waals surface area contributed by atoms with Gasteiger partial charge in [-0.3, -0.25) is 4.90 Å². The fourth-order valence-electron chi connectivity index (χ4n) is 4.83. The minimum absolute atomic E-state index is 0.0921. The fraction of sp³-hybridized carbons (Fsp3) is 0.536. The highest BCUT2D eigenvalue weighted by Crippen LogP contribution is 2.45. The zero-order valence-electron chi connectivity index (χ0n) is 23.1. The maximum atomic E-state index is 13.7. The summed E-state index contributed by atoms with van der Waals surface area (Å²) in [5.41, 5.74) is 1.49. The lowest BCUT2D eigenvalue weighted by molar-refractivity contribution is -0.137. The van der Waals surface area contributed by atoms with Crippen molar-refractivity contribution in [3.8, 4) is 0 Å². The number of alkyl halides is 3. The molecule has 0 unspecified atom stereocenters. The van der Waals surface area contributed by atoms with Crippen LogP contribution in [-0.4, -0.2) is 77.8 Å². The van der Waals surface area contributed by atoms with Crippen LogP contribution in [0.1, 0.15) is 50.2 Å². The molecule has 1 aliphatic carbocycles. The van der Waals surface area contributed by atoms with Crippen LogP contribution in [0.3, 0.4) is 0 Å². The number of carbonyl (C=O) groups is 1. The van der Waals surface area contributed by atoms with Crippen LogP contribution < -0.4 is 15.5 Å².